The average molecular weight is 507 g/mol. The Balaban J connectivity index is 2.15. The Bertz CT molecular complexity index is 1030. The predicted octanol–water partition coefficient (Wildman–Crippen LogP) is -2.86. The van der Waals surface area contributed by atoms with Crippen LogP contribution in [0.2, 0.25) is 0 Å². The van der Waals surface area contributed by atoms with Crippen molar-refractivity contribution in [1.29, 1.82) is 0 Å². The smallest absolute Gasteiger partial charge is 0.326 e. The van der Waals surface area contributed by atoms with E-state index < -0.39 is 60.6 Å². The van der Waals surface area contributed by atoms with Crippen LogP contribution in [0, 0.1) is 0 Å². The first-order valence-electron chi connectivity index (χ1n) is 10.9. The van der Waals surface area contributed by atoms with E-state index in [2.05, 4.69) is 25.9 Å². The molecule has 0 aliphatic carbocycles. The largest absolute Gasteiger partial charge is 0.508 e. The fourth-order valence-corrected chi connectivity index (χ4v) is 3.18. The molecule has 2 aromatic rings. The highest BCUT2D eigenvalue weighted by molar-refractivity contribution is 5.94. The number of carbonyl (C=O) groups excluding carboxylic acids is 3. The van der Waals surface area contributed by atoms with E-state index in [9.17, 15) is 34.5 Å². The zero-order chi connectivity index (χ0) is 26.8. The molecule has 1 heterocycles. The zero-order valence-electron chi connectivity index (χ0n) is 19.4. The van der Waals surface area contributed by atoms with Gasteiger partial charge in [0.1, 0.15) is 29.9 Å². The first-order chi connectivity index (χ1) is 17.0. The number of aliphatic hydroxyl groups is 2. The van der Waals surface area contributed by atoms with E-state index in [0.717, 1.165) is 0 Å². The molecule has 5 atom stereocenters. The molecular weight excluding hydrogens is 476 g/mol. The van der Waals surface area contributed by atoms with Gasteiger partial charge in [0.05, 0.1) is 19.0 Å². The predicted molar refractivity (Wildman–Crippen MR) is 124 cm³/mol. The molecule has 0 fully saturated rings. The number of amides is 3. The summed E-state index contributed by atoms with van der Waals surface area (Å²) in [6, 6.07) is 0.189. The number of H-pyrrole nitrogens is 1. The van der Waals surface area contributed by atoms with Gasteiger partial charge in [-0.25, -0.2) is 9.78 Å². The molecule has 14 heteroatoms. The molecule has 0 spiro atoms. The van der Waals surface area contributed by atoms with Gasteiger partial charge >= 0.3 is 5.97 Å². The summed E-state index contributed by atoms with van der Waals surface area (Å²) in [5.74, 6) is -4.02. The number of phenolic OH excluding ortho intramolecular Hbond substituents is 1. The fourth-order valence-electron chi connectivity index (χ4n) is 3.18. The van der Waals surface area contributed by atoms with E-state index in [1.165, 1.54) is 43.7 Å². The van der Waals surface area contributed by atoms with Gasteiger partial charge in [0.2, 0.25) is 17.7 Å². The van der Waals surface area contributed by atoms with Crippen molar-refractivity contribution in [3.63, 3.8) is 0 Å². The summed E-state index contributed by atoms with van der Waals surface area (Å²) >= 11 is 0. The summed E-state index contributed by atoms with van der Waals surface area (Å²) in [5, 5.41) is 45.2. The number of hydrogen-bond donors (Lipinski definition) is 9. The lowest BCUT2D eigenvalue weighted by Gasteiger charge is -2.26. The van der Waals surface area contributed by atoms with Crippen molar-refractivity contribution in [2.45, 2.75) is 50.0 Å². The van der Waals surface area contributed by atoms with Crippen LogP contribution in [0.4, 0.5) is 0 Å². The number of phenols is 1. The maximum absolute atomic E-state index is 13.0. The Labute approximate surface area is 205 Å². The third-order valence-corrected chi connectivity index (χ3v) is 5.20. The van der Waals surface area contributed by atoms with Crippen LogP contribution in [0.5, 0.6) is 5.75 Å². The third-order valence-electron chi connectivity index (χ3n) is 5.20. The number of aliphatic hydroxyl groups excluding tert-OH is 2. The maximum Gasteiger partial charge on any atom is 0.326 e. The van der Waals surface area contributed by atoms with E-state index in [1.54, 1.807) is 0 Å². The minimum absolute atomic E-state index is 0.0109. The minimum Gasteiger partial charge on any atom is -0.508 e. The molecule has 0 aliphatic rings. The number of benzene rings is 1. The molecule has 0 aliphatic heterocycles. The topological polar surface area (TPSA) is 240 Å². The molecule has 10 N–H and O–H groups in total. The van der Waals surface area contributed by atoms with Gasteiger partial charge in [0, 0.05) is 24.7 Å². The zero-order valence-corrected chi connectivity index (χ0v) is 19.4. The van der Waals surface area contributed by atoms with Gasteiger partial charge in [-0.3, -0.25) is 14.4 Å². The van der Waals surface area contributed by atoms with E-state index in [-0.39, 0.29) is 18.6 Å². The normalized spacial score (nSPS) is 15.1. The molecule has 0 saturated carbocycles. The van der Waals surface area contributed by atoms with Crippen LogP contribution in [0.1, 0.15) is 18.2 Å². The molecular formula is C22H30N6O8. The number of carbonyl (C=O) groups is 4. The highest BCUT2D eigenvalue weighted by Crippen LogP contribution is 2.12. The van der Waals surface area contributed by atoms with Crippen molar-refractivity contribution in [2.75, 3.05) is 6.61 Å². The van der Waals surface area contributed by atoms with Gasteiger partial charge in [-0.05, 0) is 24.6 Å². The second-order valence-corrected chi connectivity index (χ2v) is 8.13. The summed E-state index contributed by atoms with van der Waals surface area (Å²) in [4.78, 5) is 56.3. The molecule has 0 bridgehead atoms. The van der Waals surface area contributed by atoms with Crippen LogP contribution in [0.15, 0.2) is 36.8 Å². The van der Waals surface area contributed by atoms with Crippen molar-refractivity contribution < 1.29 is 39.6 Å². The van der Waals surface area contributed by atoms with Gasteiger partial charge in [-0.15, -0.1) is 0 Å². The van der Waals surface area contributed by atoms with E-state index in [1.807, 2.05) is 0 Å². The molecule has 14 nitrogen and oxygen atoms in total. The SMILES string of the molecule is CC(O)C(NC(=O)C(Cc1cnc[nH]1)NC(=O)C(N)CO)C(=O)NC(Cc1ccc(O)cc1)C(=O)O. The van der Waals surface area contributed by atoms with Crippen LogP contribution in [-0.4, -0.2) is 91.0 Å². The monoisotopic (exact) mass is 506 g/mol. The van der Waals surface area contributed by atoms with Crippen molar-refractivity contribution in [3.8, 4) is 5.75 Å². The number of carboxylic acid groups (broad SMARTS) is 1. The number of aromatic hydroxyl groups is 1. The highest BCUT2D eigenvalue weighted by Gasteiger charge is 2.33. The molecule has 36 heavy (non-hydrogen) atoms. The molecule has 0 saturated heterocycles. The molecule has 1 aromatic carbocycles. The van der Waals surface area contributed by atoms with Crippen LogP contribution in [-0.2, 0) is 32.0 Å². The molecule has 196 valence electrons. The lowest BCUT2D eigenvalue weighted by molar-refractivity contribution is -0.143. The molecule has 1 aromatic heterocycles. The standard InChI is InChI=1S/C22H30N6O8/c1-11(30)18(21(34)27-17(22(35)36)6-12-2-4-14(31)5-3-12)28-20(33)16(7-13-8-24-10-25-13)26-19(32)15(23)9-29/h2-5,8,10-11,15-18,29-31H,6-7,9,23H2,1H3,(H,24,25)(H,26,32)(H,27,34)(H,28,33)(H,35,36). The number of rotatable bonds is 13. The Morgan fingerprint density at radius 2 is 1.64 bits per heavy atom. The van der Waals surface area contributed by atoms with Crippen molar-refractivity contribution >= 4 is 23.7 Å². The van der Waals surface area contributed by atoms with Gasteiger partial charge < -0.3 is 47.1 Å². The van der Waals surface area contributed by atoms with Crippen LogP contribution in [0.3, 0.4) is 0 Å². The summed E-state index contributed by atoms with van der Waals surface area (Å²) < 4.78 is 0. The molecule has 0 radical (unpaired) electrons. The first kappa shape index (κ1) is 28.2. The summed E-state index contributed by atoms with van der Waals surface area (Å²) in [6.45, 7) is 0.560. The third kappa shape index (κ3) is 8.33. The Kier molecular flexibility index (Phi) is 10.3. The number of aromatic amines is 1. The lowest BCUT2D eigenvalue weighted by atomic mass is 10.0. The van der Waals surface area contributed by atoms with Gasteiger partial charge in [-0.1, -0.05) is 12.1 Å². The quantitative estimate of drug-likeness (QED) is 0.135. The van der Waals surface area contributed by atoms with Crippen LogP contribution in [0.25, 0.3) is 0 Å². The van der Waals surface area contributed by atoms with Crippen LogP contribution >= 0.6 is 0 Å². The number of nitrogens with zero attached hydrogens (tertiary/aromatic N) is 1. The number of imidazole rings is 1. The van der Waals surface area contributed by atoms with Gasteiger partial charge in [0.25, 0.3) is 0 Å². The van der Waals surface area contributed by atoms with Gasteiger partial charge in [-0.2, -0.15) is 0 Å². The average Bonchev–Trinajstić information content (AvgIpc) is 3.35. The van der Waals surface area contributed by atoms with E-state index in [4.69, 9.17) is 10.8 Å². The number of hydrogen-bond acceptors (Lipinski definition) is 9. The Morgan fingerprint density at radius 1 is 1.00 bits per heavy atom. The van der Waals surface area contributed by atoms with Crippen molar-refractivity contribution in [2.24, 2.45) is 5.73 Å². The number of nitrogens with two attached hydrogens (primary N) is 1. The molecule has 2 rings (SSSR count). The van der Waals surface area contributed by atoms with Crippen molar-refractivity contribution in [1.82, 2.24) is 25.9 Å². The fraction of sp³-hybridized carbons (Fsp3) is 0.409. The number of aliphatic carboxylic acids is 1. The number of aromatic nitrogens is 2. The highest BCUT2D eigenvalue weighted by atomic mass is 16.4. The molecule has 3 amide bonds. The number of nitrogens with one attached hydrogen (secondary N) is 4. The van der Waals surface area contributed by atoms with E-state index in [0.29, 0.717) is 11.3 Å². The second kappa shape index (κ2) is 13.2. The lowest BCUT2D eigenvalue weighted by Crippen LogP contribution is -2.60. The second-order valence-electron chi connectivity index (χ2n) is 8.13. The Morgan fingerprint density at radius 3 is 2.17 bits per heavy atom. The van der Waals surface area contributed by atoms with E-state index >= 15 is 0 Å². The minimum atomic E-state index is -1.56. The summed E-state index contributed by atoms with van der Waals surface area (Å²) in [5.41, 5.74) is 6.48. The maximum atomic E-state index is 13.0. The molecule has 5 unspecified atom stereocenters. The first-order valence-corrected chi connectivity index (χ1v) is 10.9. The summed E-state index contributed by atoms with van der Waals surface area (Å²) in [6.07, 6.45) is 1.14. The van der Waals surface area contributed by atoms with Crippen LogP contribution < -0.4 is 21.7 Å². The number of carboxylic acids is 1. The van der Waals surface area contributed by atoms with Gasteiger partial charge in [0.15, 0.2) is 0 Å². The summed E-state index contributed by atoms with van der Waals surface area (Å²) in [7, 11) is 0. The Hall–Kier alpha value is -4.01. The van der Waals surface area contributed by atoms with Crippen molar-refractivity contribution in [3.05, 3.63) is 48.0 Å².